The Hall–Kier alpha value is -1.66. The quantitative estimate of drug-likeness (QED) is 0.833. The average molecular weight is 307 g/mol. The number of ether oxygens (including phenoxy) is 1. The zero-order valence-corrected chi connectivity index (χ0v) is 13.4. The third kappa shape index (κ3) is 3.51. The molecule has 2 unspecified atom stereocenters. The highest BCUT2D eigenvalue weighted by Gasteiger charge is 2.32. The van der Waals surface area contributed by atoms with E-state index >= 15 is 0 Å². The first-order valence-electron chi connectivity index (χ1n) is 6.98. The second-order valence-corrected chi connectivity index (χ2v) is 6.27. The zero-order chi connectivity index (χ0) is 15.5. The second-order valence-electron chi connectivity index (χ2n) is 5.33. The molecule has 2 aromatic rings. The molecule has 0 saturated carbocycles. The molecule has 0 radical (unpaired) electrons. The van der Waals surface area contributed by atoms with Crippen LogP contribution in [0.1, 0.15) is 33.2 Å². The van der Waals surface area contributed by atoms with E-state index in [1.165, 1.54) is 0 Å². The molecule has 2 heterocycles. The summed E-state index contributed by atoms with van der Waals surface area (Å²) in [6.45, 7) is 5.86. The van der Waals surface area contributed by atoms with Gasteiger partial charge in [0.05, 0.1) is 11.5 Å². The van der Waals surface area contributed by atoms with Crippen LogP contribution in [0.4, 0.5) is 0 Å². The van der Waals surface area contributed by atoms with Gasteiger partial charge in [0.1, 0.15) is 11.4 Å². The Morgan fingerprint density at radius 2 is 2.38 bits per heavy atom. The van der Waals surface area contributed by atoms with Crippen LogP contribution in [0.2, 0.25) is 0 Å². The highest BCUT2D eigenvalue weighted by molar-refractivity contribution is 7.13. The van der Waals surface area contributed by atoms with Gasteiger partial charge in [-0.05, 0) is 38.6 Å². The molecule has 114 valence electrons. The van der Waals surface area contributed by atoms with Gasteiger partial charge in [0.2, 0.25) is 0 Å². The standard InChI is InChI=1S/C15H21N3O2S/c1-4-20-14(19)15(3,16)10-11(2)18-8-7-17-13(18)12-6-5-9-21-12/h5-9,11H,4,10,16H2,1-3H3. The van der Waals surface area contributed by atoms with Gasteiger partial charge >= 0.3 is 5.97 Å². The summed E-state index contributed by atoms with van der Waals surface area (Å²) in [5.41, 5.74) is 5.11. The number of carbonyl (C=O) groups is 1. The number of nitrogens with zero attached hydrogens (tertiary/aromatic N) is 2. The minimum absolute atomic E-state index is 0.0454. The highest BCUT2D eigenvalue weighted by Crippen LogP contribution is 2.28. The van der Waals surface area contributed by atoms with E-state index in [9.17, 15) is 4.79 Å². The zero-order valence-electron chi connectivity index (χ0n) is 12.6. The van der Waals surface area contributed by atoms with Gasteiger partial charge in [-0.1, -0.05) is 6.07 Å². The first-order chi connectivity index (χ1) is 9.95. The first-order valence-corrected chi connectivity index (χ1v) is 7.86. The molecule has 0 aliphatic rings. The second kappa shape index (κ2) is 6.41. The summed E-state index contributed by atoms with van der Waals surface area (Å²) < 4.78 is 7.09. The fourth-order valence-corrected chi connectivity index (χ4v) is 3.08. The van der Waals surface area contributed by atoms with Gasteiger partial charge in [-0.25, -0.2) is 4.98 Å². The molecular weight excluding hydrogens is 286 g/mol. The minimum Gasteiger partial charge on any atom is -0.465 e. The Morgan fingerprint density at radius 3 is 3.00 bits per heavy atom. The van der Waals surface area contributed by atoms with Crippen molar-refractivity contribution in [2.45, 2.75) is 38.8 Å². The average Bonchev–Trinajstić information content (AvgIpc) is 3.09. The molecule has 0 saturated heterocycles. The van der Waals surface area contributed by atoms with Crippen molar-refractivity contribution in [2.75, 3.05) is 6.61 Å². The number of hydrogen-bond acceptors (Lipinski definition) is 5. The minimum atomic E-state index is -1.01. The van der Waals surface area contributed by atoms with E-state index in [2.05, 4.69) is 9.55 Å². The maximum Gasteiger partial charge on any atom is 0.325 e. The number of carbonyl (C=O) groups excluding carboxylic acids is 1. The molecule has 0 bridgehead atoms. The molecule has 0 amide bonds. The number of esters is 1. The summed E-state index contributed by atoms with van der Waals surface area (Å²) in [4.78, 5) is 17.4. The van der Waals surface area contributed by atoms with Gasteiger partial charge in [-0.2, -0.15) is 0 Å². The Balaban J connectivity index is 2.16. The van der Waals surface area contributed by atoms with Crippen molar-refractivity contribution in [1.29, 1.82) is 0 Å². The number of nitrogens with two attached hydrogens (primary N) is 1. The van der Waals surface area contributed by atoms with Crippen molar-refractivity contribution < 1.29 is 9.53 Å². The van der Waals surface area contributed by atoms with Crippen LogP contribution in [0.25, 0.3) is 10.7 Å². The summed E-state index contributed by atoms with van der Waals surface area (Å²) in [5.74, 6) is 0.534. The molecule has 2 aromatic heterocycles. The van der Waals surface area contributed by atoms with Gasteiger partial charge in [-0.3, -0.25) is 4.79 Å². The molecular formula is C15H21N3O2S. The summed E-state index contributed by atoms with van der Waals surface area (Å²) in [7, 11) is 0. The SMILES string of the molecule is CCOC(=O)C(C)(N)CC(C)n1ccnc1-c1cccs1. The summed E-state index contributed by atoms with van der Waals surface area (Å²) >= 11 is 1.64. The smallest absolute Gasteiger partial charge is 0.325 e. The van der Waals surface area contributed by atoms with Crippen molar-refractivity contribution in [3.8, 4) is 10.7 Å². The molecule has 0 aromatic carbocycles. The largest absolute Gasteiger partial charge is 0.465 e. The van der Waals surface area contributed by atoms with E-state index in [1.54, 1.807) is 31.4 Å². The van der Waals surface area contributed by atoms with Crippen molar-refractivity contribution >= 4 is 17.3 Å². The van der Waals surface area contributed by atoms with Crippen molar-refractivity contribution in [2.24, 2.45) is 5.73 Å². The van der Waals surface area contributed by atoms with Crippen LogP contribution in [-0.4, -0.2) is 27.7 Å². The van der Waals surface area contributed by atoms with Crippen LogP contribution >= 0.6 is 11.3 Å². The maximum atomic E-state index is 11.9. The lowest BCUT2D eigenvalue weighted by Crippen LogP contribution is -2.47. The number of rotatable bonds is 6. The number of imidazole rings is 1. The molecule has 6 heteroatoms. The Labute approximate surface area is 128 Å². The Bertz CT molecular complexity index is 590. The van der Waals surface area contributed by atoms with Crippen LogP contribution in [-0.2, 0) is 9.53 Å². The van der Waals surface area contributed by atoms with Gasteiger partial charge in [0.25, 0.3) is 0 Å². The summed E-state index contributed by atoms with van der Waals surface area (Å²) in [6.07, 6.45) is 4.17. The van der Waals surface area contributed by atoms with Crippen molar-refractivity contribution in [1.82, 2.24) is 9.55 Å². The van der Waals surface area contributed by atoms with Crippen LogP contribution in [0.5, 0.6) is 0 Å². The fraction of sp³-hybridized carbons (Fsp3) is 0.467. The Kier molecular flexibility index (Phi) is 4.80. The molecule has 0 fully saturated rings. The molecule has 21 heavy (non-hydrogen) atoms. The number of aromatic nitrogens is 2. The monoisotopic (exact) mass is 307 g/mol. The van der Waals surface area contributed by atoms with Gasteiger partial charge in [0.15, 0.2) is 0 Å². The normalized spacial score (nSPS) is 15.4. The van der Waals surface area contributed by atoms with E-state index in [4.69, 9.17) is 10.5 Å². The highest BCUT2D eigenvalue weighted by atomic mass is 32.1. The number of thiophene rings is 1. The van der Waals surface area contributed by atoms with Gasteiger partial charge in [0, 0.05) is 18.4 Å². The topological polar surface area (TPSA) is 70.1 Å². The lowest BCUT2D eigenvalue weighted by Gasteiger charge is -2.27. The van der Waals surface area contributed by atoms with E-state index < -0.39 is 5.54 Å². The van der Waals surface area contributed by atoms with E-state index in [1.807, 2.05) is 30.6 Å². The third-order valence-electron chi connectivity index (χ3n) is 3.35. The fourth-order valence-electron chi connectivity index (χ4n) is 2.36. The maximum absolute atomic E-state index is 11.9. The molecule has 2 atom stereocenters. The lowest BCUT2D eigenvalue weighted by molar-refractivity contribution is -0.149. The van der Waals surface area contributed by atoms with Gasteiger partial charge in [-0.15, -0.1) is 11.3 Å². The predicted octanol–water partition coefficient (Wildman–Crippen LogP) is 2.84. The Morgan fingerprint density at radius 1 is 1.62 bits per heavy atom. The van der Waals surface area contributed by atoms with E-state index in [0.29, 0.717) is 13.0 Å². The van der Waals surface area contributed by atoms with Crippen molar-refractivity contribution in [3.63, 3.8) is 0 Å². The predicted molar refractivity (Wildman–Crippen MR) is 84.1 cm³/mol. The van der Waals surface area contributed by atoms with Crippen LogP contribution in [0.15, 0.2) is 29.9 Å². The lowest BCUT2D eigenvalue weighted by atomic mass is 9.95. The third-order valence-corrected chi connectivity index (χ3v) is 4.21. The number of hydrogen-bond donors (Lipinski definition) is 1. The molecule has 2 N–H and O–H groups in total. The van der Waals surface area contributed by atoms with Crippen LogP contribution in [0, 0.1) is 0 Å². The molecule has 2 rings (SSSR count). The molecule has 0 aliphatic heterocycles. The summed E-state index contributed by atoms with van der Waals surface area (Å²) in [6, 6.07) is 4.07. The van der Waals surface area contributed by atoms with Crippen LogP contribution in [0.3, 0.4) is 0 Å². The van der Waals surface area contributed by atoms with Crippen LogP contribution < -0.4 is 5.73 Å². The molecule has 0 spiro atoms. The van der Waals surface area contributed by atoms with Crippen molar-refractivity contribution in [3.05, 3.63) is 29.9 Å². The molecule has 5 nitrogen and oxygen atoms in total. The first kappa shape index (κ1) is 15.7. The van der Waals surface area contributed by atoms with E-state index in [-0.39, 0.29) is 12.0 Å². The summed E-state index contributed by atoms with van der Waals surface area (Å²) in [5, 5.41) is 2.02. The van der Waals surface area contributed by atoms with Gasteiger partial charge < -0.3 is 15.0 Å². The molecule has 0 aliphatic carbocycles. The van der Waals surface area contributed by atoms with E-state index in [0.717, 1.165) is 10.7 Å².